The quantitative estimate of drug-likeness (QED) is 0.830. The summed E-state index contributed by atoms with van der Waals surface area (Å²) in [4.78, 5) is 11.4. The van der Waals surface area contributed by atoms with Crippen LogP contribution in [-0.4, -0.2) is 18.6 Å². The highest BCUT2D eigenvalue weighted by atomic mass is 16.5. The summed E-state index contributed by atoms with van der Waals surface area (Å²) >= 11 is 0. The maximum Gasteiger partial charge on any atom is 0.250 e. The van der Waals surface area contributed by atoms with Crippen LogP contribution in [0.2, 0.25) is 0 Å². The van der Waals surface area contributed by atoms with Gasteiger partial charge in [0.25, 0.3) is 0 Å². The Morgan fingerprint density at radius 1 is 1.31 bits per heavy atom. The van der Waals surface area contributed by atoms with Crippen LogP contribution in [0.4, 0.5) is 5.69 Å². The third-order valence-corrected chi connectivity index (χ3v) is 2.19. The van der Waals surface area contributed by atoms with Gasteiger partial charge in [-0.15, -0.1) is 0 Å². The Morgan fingerprint density at radius 3 is 2.44 bits per heavy atom. The van der Waals surface area contributed by atoms with E-state index in [0.717, 1.165) is 12.1 Å². The summed E-state index contributed by atoms with van der Waals surface area (Å²) in [6, 6.07) is 7.84. The van der Waals surface area contributed by atoms with E-state index in [0.29, 0.717) is 0 Å². The van der Waals surface area contributed by atoms with Crippen LogP contribution in [0.25, 0.3) is 0 Å². The summed E-state index contributed by atoms with van der Waals surface area (Å²) in [6.45, 7) is 6.02. The van der Waals surface area contributed by atoms with Gasteiger partial charge in [0.15, 0.2) is 0 Å². The van der Waals surface area contributed by atoms with Gasteiger partial charge < -0.3 is 10.1 Å². The van der Waals surface area contributed by atoms with Gasteiger partial charge in [-0.2, -0.15) is 0 Å². The average molecular weight is 221 g/mol. The number of carbonyl (C=O) groups excluding carboxylic acids is 1. The fraction of sp³-hybridized carbons (Fsp3) is 0.462. The fourth-order valence-corrected chi connectivity index (χ4v) is 1.26. The first-order valence-electron chi connectivity index (χ1n) is 5.62. The molecule has 1 aromatic carbocycles. The van der Waals surface area contributed by atoms with Gasteiger partial charge in [-0.3, -0.25) is 4.79 Å². The molecule has 0 fully saturated rings. The van der Waals surface area contributed by atoms with Gasteiger partial charge in [0.2, 0.25) is 5.91 Å². The minimum Gasteiger partial charge on any atom is -0.369 e. The molecule has 0 radical (unpaired) electrons. The number of nitrogens with one attached hydrogen (secondary N) is 1. The van der Waals surface area contributed by atoms with Gasteiger partial charge in [0, 0.05) is 5.69 Å². The number of ether oxygens (including phenoxy) is 1. The number of benzene rings is 1. The van der Waals surface area contributed by atoms with Crippen LogP contribution < -0.4 is 5.32 Å². The summed E-state index contributed by atoms with van der Waals surface area (Å²) in [7, 11) is 0. The third-order valence-electron chi connectivity index (χ3n) is 2.19. The summed E-state index contributed by atoms with van der Waals surface area (Å²) in [5.74, 6) is -0.113. The lowest BCUT2D eigenvalue weighted by molar-refractivity contribution is -0.121. The predicted octanol–water partition coefficient (Wildman–Crippen LogP) is 2.61. The van der Waals surface area contributed by atoms with Crippen LogP contribution in [0.15, 0.2) is 24.3 Å². The van der Waals surface area contributed by atoms with Gasteiger partial charge in [-0.1, -0.05) is 19.1 Å². The zero-order valence-corrected chi connectivity index (χ0v) is 10.1. The molecule has 0 unspecified atom stereocenters. The van der Waals surface area contributed by atoms with Gasteiger partial charge in [0.1, 0.15) is 6.61 Å². The molecule has 0 aliphatic carbocycles. The van der Waals surface area contributed by atoms with E-state index in [4.69, 9.17) is 4.74 Å². The number of carbonyl (C=O) groups is 1. The molecule has 0 bridgehead atoms. The fourth-order valence-electron chi connectivity index (χ4n) is 1.26. The molecule has 3 heteroatoms. The standard InChI is InChI=1S/C13H19NO2/c1-4-11-5-7-12(8-6-11)14-13(15)9-16-10(2)3/h5-8,10H,4,9H2,1-3H3,(H,14,15). The second-order valence-corrected chi connectivity index (χ2v) is 3.96. The van der Waals surface area contributed by atoms with Gasteiger partial charge in [-0.05, 0) is 38.0 Å². The van der Waals surface area contributed by atoms with Crippen LogP contribution in [0.1, 0.15) is 26.3 Å². The molecule has 0 saturated heterocycles. The first-order chi connectivity index (χ1) is 7.61. The Hall–Kier alpha value is -1.35. The van der Waals surface area contributed by atoms with Crippen molar-refractivity contribution in [2.75, 3.05) is 11.9 Å². The minimum absolute atomic E-state index is 0.0771. The van der Waals surface area contributed by atoms with Crippen LogP contribution in [0, 0.1) is 0 Å². The smallest absolute Gasteiger partial charge is 0.250 e. The topological polar surface area (TPSA) is 38.3 Å². The Balaban J connectivity index is 2.43. The van der Waals surface area contributed by atoms with Crippen molar-refractivity contribution in [2.45, 2.75) is 33.3 Å². The molecular formula is C13H19NO2. The van der Waals surface area contributed by atoms with Crippen LogP contribution in [0.3, 0.4) is 0 Å². The second kappa shape index (κ2) is 6.28. The molecule has 0 saturated carbocycles. The largest absolute Gasteiger partial charge is 0.369 e. The van der Waals surface area contributed by atoms with E-state index < -0.39 is 0 Å². The van der Waals surface area contributed by atoms with Crippen molar-refractivity contribution < 1.29 is 9.53 Å². The van der Waals surface area contributed by atoms with E-state index in [1.165, 1.54) is 5.56 Å². The monoisotopic (exact) mass is 221 g/mol. The van der Waals surface area contributed by atoms with Crippen molar-refractivity contribution in [3.05, 3.63) is 29.8 Å². The third kappa shape index (κ3) is 4.45. The molecule has 0 aliphatic heterocycles. The molecule has 3 nitrogen and oxygen atoms in total. The van der Waals surface area contributed by atoms with Crippen molar-refractivity contribution in [1.82, 2.24) is 0 Å². The Bertz CT molecular complexity index is 330. The lowest BCUT2D eigenvalue weighted by atomic mass is 10.1. The Kier molecular flexibility index (Phi) is 4.99. The molecule has 0 spiro atoms. The summed E-state index contributed by atoms with van der Waals surface area (Å²) in [5.41, 5.74) is 2.07. The molecule has 0 atom stereocenters. The molecule has 1 amide bonds. The molecule has 1 aromatic rings. The van der Waals surface area contributed by atoms with Crippen molar-refractivity contribution in [3.8, 4) is 0 Å². The zero-order valence-electron chi connectivity index (χ0n) is 10.1. The highest BCUT2D eigenvalue weighted by molar-refractivity contribution is 5.91. The number of hydrogen-bond acceptors (Lipinski definition) is 2. The predicted molar refractivity (Wildman–Crippen MR) is 65.5 cm³/mol. The first kappa shape index (κ1) is 12.7. The Labute approximate surface area is 96.8 Å². The van der Waals surface area contributed by atoms with Crippen molar-refractivity contribution in [1.29, 1.82) is 0 Å². The molecular weight excluding hydrogens is 202 g/mol. The highest BCUT2D eigenvalue weighted by Gasteiger charge is 2.03. The van der Waals surface area contributed by atoms with Gasteiger partial charge in [-0.25, -0.2) is 0 Å². The molecule has 0 aliphatic rings. The van der Waals surface area contributed by atoms with Crippen molar-refractivity contribution in [3.63, 3.8) is 0 Å². The molecule has 1 rings (SSSR count). The number of aryl methyl sites for hydroxylation is 1. The molecule has 1 N–H and O–H groups in total. The van der Waals surface area contributed by atoms with E-state index in [1.54, 1.807) is 0 Å². The van der Waals surface area contributed by atoms with Crippen molar-refractivity contribution >= 4 is 11.6 Å². The van der Waals surface area contributed by atoms with Crippen LogP contribution in [-0.2, 0) is 16.0 Å². The van der Waals surface area contributed by atoms with Gasteiger partial charge in [0.05, 0.1) is 6.10 Å². The molecule has 16 heavy (non-hydrogen) atoms. The highest BCUT2D eigenvalue weighted by Crippen LogP contribution is 2.09. The van der Waals surface area contributed by atoms with Crippen LogP contribution >= 0.6 is 0 Å². The van der Waals surface area contributed by atoms with Crippen molar-refractivity contribution in [2.24, 2.45) is 0 Å². The van der Waals surface area contributed by atoms with E-state index in [-0.39, 0.29) is 18.6 Å². The van der Waals surface area contributed by atoms with E-state index in [2.05, 4.69) is 12.2 Å². The lowest BCUT2D eigenvalue weighted by Crippen LogP contribution is -2.20. The maximum atomic E-state index is 11.4. The summed E-state index contributed by atoms with van der Waals surface area (Å²) < 4.78 is 5.21. The number of hydrogen-bond donors (Lipinski definition) is 1. The van der Waals surface area contributed by atoms with Gasteiger partial charge >= 0.3 is 0 Å². The lowest BCUT2D eigenvalue weighted by Gasteiger charge is -2.08. The second-order valence-electron chi connectivity index (χ2n) is 3.96. The van der Waals surface area contributed by atoms with E-state index in [9.17, 15) is 4.79 Å². The first-order valence-corrected chi connectivity index (χ1v) is 5.62. The minimum atomic E-state index is -0.113. The number of amides is 1. The molecule has 88 valence electrons. The number of rotatable bonds is 5. The average Bonchev–Trinajstić information content (AvgIpc) is 2.27. The zero-order chi connectivity index (χ0) is 12.0. The Morgan fingerprint density at radius 2 is 1.94 bits per heavy atom. The summed E-state index contributed by atoms with van der Waals surface area (Å²) in [6.07, 6.45) is 1.08. The van der Waals surface area contributed by atoms with Crippen LogP contribution in [0.5, 0.6) is 0 Å². The maximum absolute atomic E-state index is 11.4. The summed E-state index contributed by atoms with van der Waals surface area (Å²) in [5, 5.41) is 2.78. The number of anilines is 1. The molecule has 0 heterocycles. The molecule has 0 aromatic heterocycles. The normalized spacial score (nSPS) is 10.5. The van der Waals surface area contributed by atoms with E-state index in [1.807, 2.05) is 38.1 Å². The SMILES string of the molecule is CCc1ccc(NC(=O)COC(C)C)cc1. The van der Waals surface area contributed by atoms with E-state index >= 15 is 0 Å².